The highest BCUT2D eigenvalue weighted by atomic mass is 35.5. The summed E-state index contributed by atoms with van der Waals surface area (Å²) in [4.78, 5) is 5.16. The van der Waals surface area contributed by atoms with Crippen LogP contribution in [0, 0.1) is 0 Å². The lowest BCUT2D eigenvalue weighted by atomic mass is 10.3. The molecule has 0 aliphatic heterocycles. The second kappa shape index (κ2) is 5.48. The molecule has 2 aromatic heterocycles. The molecule has 5 heteroatoms. The van der Waals surface area contributed by atoms with Gasteiger partial charge in [0.15, 0.2) is 12.2 Å². The molecule has 1 N–H and O–H groups in total. The van der Waals surface area contributed by atoms with E-state index in [1.54, 1.807) is 11.3 Å². The van der Waals surface area contributed by atoms with Gasteiger partial charge in [-0.1, -0.05) is 18.5 Å². The largest absolute Gasteiger partial charge is 0.442 e. The molecule has 0 spiro atoms. The maximum absolute atomic E-state index is 6.07. The van der Waals surface area contributed by atoms with E-state index in [0.717, 1.165) is 34.3 Å². The Labute approximate surface area is 103 Å². The van der Waals surface area contributed by atoms with Crippen molar-refractivity contribution < 1.29 is 4.42 Å². The molecule has 2 heterocycles. The zero-order chi connectivity index (χ0) is 11.4. The van der Waals surface area contributed by atoms with Gasteiger partial charge in [0.25, 0.3) is 0 Å². The van der Waals surface area contributed by atoms with E-state index in [2.05, 4.69) is 17.2 Å². The quantitative estimate of drug-likeness (QED) is 0.832. The molecule has 86 valence electrons. The Bertz CT molecular complexity index is 452. The number of nitrogens with zero attached hydrogens (tertiary/aromatic N) is 1. The number of hydrogen-bond acceptors (Lipinski definition) is 4. The lowest BCUT2D eigenvalue weighted by molar-refractivity contribution is 0.570. The third-order valence-corrected chi connectivity index (χ3v) is 3.52. The molecule has 0 saturated carbocycles. The van der Waals surface area contributed by atoms with Crippen molar-refractivity contribution in [1.82, 2.24) is 10.3 Å². The molecule has 0 aliphatic carbocycles. The van der Waals surface area contributed by atoms with Crippen molar-refractivity contribution in [3.63, 3.8) is 0 Å². The van der Waals surface area contributed by atoms with E-state index in [1.807, 2.05) is 11.4 Å². The Hall–Kier alpha value is -0.840. The predicted octanol–water partition coefficient (Wildman–Crippen LogP) is 3.56. The molecule has 0 aliphatic rings. The van der Waals surface area contributed by atoms with Crippen LogP contribution in [0.25, 0.3) is 10.6 Å². The van der Waals surface area contributed by atoms with Crippen LogP contribution in [0.2, 0.25) is 5.02 Å². The van der Waals surface area contributed by atoms with E-state index in [4.69, 9.17) is 16.0 Å². The number of oxazole rings is 1. The van der Waals surface area contributed by atoms with Crippen LogP contribution in [0.1, 0.15) is 19.0 Å². The van der Waals surface area contributed by atoms with Crippen LogP contribution >= 0.6 is 22.9 Å². The van der Waals surface area contributed by atoms with Gasteiger partial charge in [0.05, 0.1) is 9.90 Å². The van der Waals surface area contributed by atoms with Crippen LogP contribution < -0.4 is 5.32 Å². The zero-order valence-corrected chi connectivity index (χ0v) is 10.6. The first-order chi connectivity index (χ1) is 7.83. The monoisotopic (exact) mass is 256 g/mol. The summed E-state index contributed by atoms with van der Waals surface area (Å²) in [6.07, 6.45) is 2.57. The third kappa shape index (κ3) is 2.45. The van der Waals surface area contributed by atoms with Crippen molar-refractivity contribution in [3.05, 3.63) is 28.6 Å². The van der Waals surface area contributed by atoms with Crippen molar-refractivity contribution in [2.45, 2.75) is 19.9 Å². The number of aromatic nitrogens is 1. The fourth-order valence-corrected chi connectivity index (χ4v) is 2.57. The van der Waals surface area contributed by atoms with Crippen molar-refractivity contribution in [1.29, 1.82) is 0 Å². The maximum atomic E-state index is 6.07. The average Bonchev–Trinajstić information content (AvgIpc) is 2.87. The number of halogens is 1. The molecule has 0 saturated heterocycles. The third-order valence-electron chi connectivity index (χ3n) is 2.18. The van der Waals surface area contributed by atoms with Gasteiger partial charge in [-0.15, -0.1) is 11.3 Å². The second-order valence-corrected chi connectivity index (χ2v) is 4.73. The van der Waals surface area contributed by atoms with Gasteiger partial charge >= 0.3 is 0 Å². The minimum atomic E-state index is 0.716. The molecule has 0 amide bonds. The molecule has 2 aromatic rings. The standard InChI is InChI=1S/C11H13ClN2OS/c1-2-4-13-6-9-10(15-7-14-9)11-8(12)3-5-16-11/h3,5,7,13H,2,4,6H2,1H3. The van der Waals surface area contributed by atoms with Gasteiger partial charge in [0.1, 0.15) is 5.69 Å². The molecule has 0 aromatic carbocycles. The number of thiophene rings is 1. The van der Waals surface area contributed by atoms with Gasteiger partial charge < -0.3 is 9.73 Å². The van der Waals surface area contributed by atoms with Gasteiger partial charge in [-0.25, -0.2) is 4.98 Å². The van der Waals surface area contributed by atoms with Crippen LogP contribution in [0.4, 0.5) is 0 Å². The van der Waals surface area contributed by atoms with Gasteiger partial charge in [-0.2, -0.15) is 0 Å². The highest BCUT2D eigenvalue weighted by molar-refractivity contribution is 7.14. The highest BCUT2D eigenvalue weighted by Crippen LogP contribution is 2.34. The number of nitrogens with one attached hydrogen (secondary N) is 1. The summed E-state index contributed by atoms with van der Waals surface area (Å²) in [7, 11) is 0. The maximum Gasteiger partial charge on any atom is 0.181 e. The summed E-state index contributed by atoms with van der Waals surface area (Å²) in [5.41, 5.74) is 0.915. The molecule has 2 rings (SSSR count). The Balaban J connectivity index is 2.16. The SMILES string of the molecule is CCCNCc1ncoc1-c1sccc1Cl. The smallest absolute Gasteiger partial charge is 0.181 e. The fourth-order valence-electron chi connectivity index (χ4n) is 1.42. The summed E-state index contributed by atoms with van der Waals surface area (Å²) in [5, 5.41) is 5.97. The van der Waals surface area contributed by atoms with Crippen LogP contribution in [0.15, 0.2) is 22.3 Å². The summed E-state index contributed by atoms with van der Waals surface area (Å²) < 4.78 is 5.40. The Morgan fingerprint density at radius 3 is 3.12 bits per heavy atom. The zero-order valence-electron chi connectivity index (χ0n) is 9.00. The van der Waals surface area contributed by atoms with Crippen LogP contribution in [0.3, 0.4) is 0 Å². The molecule has 0 fully saturated rings. The first kappa shape index (κ1) is 11.6. The van der Waals surface area contributed by atoms with Gasteiger partial charge in [-0.3, -0.25) is 0 Å². The van der Waals surface area contributed by atoms with E-state index < -0.39 is 0 Å². The topological polar surface area (TPSA) is 38.1 Å². The summed E-state index contributed by atoms with van der Waals surface area (Å²) in [5.74, 6) is 0.781. The van der Waals surface area contributed by atoms with Gasteiger partial charge in [-0.05, 0) is 24.4 Å². The fraction of sp³-hybridized carbons (Fsp3) is 0.364. The van der Waals surface area contributed by atoms with Gasteiger partial charge in [0.2, 0.25) is 0 Å². The summed E-state index contributed by atoms with van der Waals surface area (Å²) >= 11 is 7.63. The molecule has 3 nitrogen and oxygen atoms in total. The number of rotatable bonds is 5. The predicted molar refractivity (Wildman–Crippen MR) is 66.8 cm³/mol. The van der Waals surface area contributed by atoms with Crippen molar-refractivity contribution in [2.24, 2.45) is 0 Å². The van der Waals surface area contributed by atoms with Crippen LogP contribution in [0.5, 0.6) is 0 Å². The minimum absolute atomic E-state index is 0.716. The molecular weight excluding hydrogens is 244 g/mol. The average molecular weight is 257 g/mol. The lowest BCUT2D eigenvalue weighted by Gasteiger charge is -2.01. The summed E-state index contributed by atoms with van der Waals surface area (Å²) in [6, 6.07) is 1.87. The Morgan fingerprint density at radius 1 is 1.56 bits per heavy atom. The second-order valence-electron chi connectivity index (χ2n) is 3.40. The molecule has 0 atom stereocenters. The highest BCUT2D eigenvalue weighted by Gasteiger charge is 2.14. The Kier molecular flexibility index (Phi) is 3.98. The van der Waals surface area contributed by atoms with Crippen molar-refractivity contribution >= 4 is 22.9 Å². The van der Waals surface area contributed by atoms with E-state index in [1.165, 1.54) is 6.39 Å². The number of hydrogen-bond donors (Lipinski definition) is 1. The normalized spacial score (nSPS) is 10.9. The molecule has 0 bridgehead atoms. The van der Waals surface area contributed by atoms with Crippen molar-refractivity contribution in [3.8, 4) is 10.6 Å². The van der Waals surface area contributed by atoms with E-state index in [0.29, 0.717) is 6.54 Å². The molecule has 16 heavy (non-hydrogen) atoms. The summed E-state index contributed by atoms with van der Waals surface area (Å²) in [6.45, 7) is 3.82. The molecular formula is C11H13ClN2OS. The minimum Gasteiger partial charge on any atom is -0.442 e. The molecule has 0 unspecified atom stereocenters. The first-order valence-electron chi connectivity index (χ1n) is 5.19. The van der Waals surface area contributed by atoms with E-state index >= 15 is 0 Å². The van der Waals surface area contributed by atoms with Crippen LogP contribution in [-0.4, -0.2) is 11.5 Å². The first-order valence-corrected chi connectivity index (χ1v) is 6.45. The van der Waals surface area contributed by atoms with Crippen molar-refractivity contribution in [2.75, 3.05) is 6.54 Å². The molecule has 0 radical (unpaired) electrons. The van der Waals surface area contributed by atoms with Crippen LogP contribution in [-0.2, 0) is 6.54 Å². The van der Waals surface area contributed by atoms with E-state index in [9.17, 15) is 0 Å². The Morgan fingerprint density at radius 2 is 2.44 bits per heavy atom. The lowest BCUT2D eigenvalue weighted by Crippen LogP contribution is -2.14. The van der Waals surface area contributed by atoms with Gasteiger partial charge in [0, 0.05) is 6.54 Å². The van der Waals surface area contributed by atoms with E-state index in [-0.39, 0.29) is 0 Å².